The molecular formula is C38H59NO5S. The van der Waals surface area contributed by atoms with Crippen molar-refractivity contribution < 1.29 is 24.5 Å². The van der Waals surface area contributed by atoms with Gasteiger partial charge < -0.3 is 25.0 Å². The van der Waals surface area contributed by atoms with Crippen LogP contribution >= 0.6 is 11.8 Å². The van der Waals surface area contributed by atoms with Crippen LogP contribution in [0.4, 0.5) is 0 Å². The van der Waals surface area contributed by atoms with Gasteiger partial charge in [0.15, 0.2) is 6.29 Å². The number of carbonyl (C=O) groups excluding carboxylic acids is 1. The molecule has 1 saturated heterocycles. The fourth-order valence-corrected chi connectivity index (χ4v) is 6.87. The minimum absolute atomic E-state index is 0.0137. The summed E-state index contributed by atoms with van der Waals surface area (Å²) in [6.07, 6.45) is 16.9. The Kier molecular flexibility index (Phi) is 18.9. The van der Waals surface area contributed by atoms with Gasteiger partial charge in [0.1, 0.15) is 0 Å². The van der Waals surface area contributed by atoms with Crippen LogP contribution < -0.4 is 5.32 Å². The van der Waals surface area contributed by atoms with Crippen molar-refractivity contribution in [2.45, 2.75) is 135 Å². The molecular weight excluding hydrogens is 582 g/mol. The molecule has 1 aliphatic heterocycles. The predicted octanol–water partition coefficient (Wildman–Crippen LogP) is 8.79. The van der Waals surface area contributed by atoms with Crippen molar-refractivity contribution >= 4 is 17.7 Å². The van der Waals surface area contributed by atoms with Gasteiger partial charge in [0.2, 0.25) is 5.91 Å². The Balaban J connectivity index is 1.38. The molecule has 0 aliphatic carbocycles. The molecule has 0 saturated carbocycles. The number of amides is 1. The van der Waals surface area contributed by atoms with Crippen LogP contribution in [-0.4, -0.2) is 40.3 Å². The summed E-state index contributed by atoms with van der Waals surface area (Å²) in [6.45, 7) is 5.09. The van der Waals surface area contributed by atoms with Crippen molar-refractivity contribution in [2.75, 3.05) is 18.1 Å². The van der Waals surface area contributed by atoms with E-state index in [1.54, 1.807) is 11.8 Å². The Morgan fingerprint density at radius 2 is 1.31 bits per heavy atom. The maximum Gasteiger partial charge on any atom is 0.220 e. The Hall–Kier alpha value is -1.90. The highest BCUT2D eigenvalue weighted by atomic mass is 32.2. The summed E-state index contributed by atoms with van der Waals surface area (Å²) in [5.41, 5.74) is 3.93. The number of rotatable bonds is 23. The summed E-state index contributed by atoms with van der Waals surface area (Å²) in [6, 6.07) is 16.0. The molecule has 7 heteroatoms. The average Bonchev–Trinajstić information content (AvgIpc) is 3.07. The van der Waals surface area contributed by atoms with Crippen molar-refractivity contribution in [2.24, 2.45) is 5.92 Å². The van der Waals surface area contributed by atoms with Crippen molar-refractivity contribution in [3.63, 3.8) is 0 Å². The topological polar surface area (TPSA) is 88.0 Å². The third-order valence-corrected chi connectivity index (χ3v) is 9.93. The van der Waals surface area contributed by atoms with E-state index in [-0.39, 0.29) is 37.2 Å². The van der Waals surface area contributed by atoms with Gasteiger partial charge >= 0.3 is 0 Å². The summed E-state index contributed by atoms with van der Waals surface area (Å²) in [5, 5.41) is 21.8. The Labute approximate surface area is 277 Å². The summed E-state index contributed by atoms with van der Waals surface area (Å²) in [4.78, 5) is 12.4. The number of hydrogen-bond acceptors (Lipinski definition) is 6. The second kappa shape index (κ2) is 22.6. The molecule has 1 fully saturated rings. The van der Waals surface area contributed by atoms with Gasteiger partial charge in [0.25, 0.3) is 0 Å². The Morgan fingerprint density at radius 3 is 1.89 bits per heavy atom. The molecule has 3 N–H and O–H groups in total. The van der Waals surface area contributed by atoms with Crippen molar-refractivity contribution in [3.8, 4) is 0 Å². The number of aliphatic hydroxyl groups excluding tert-OH is 2. The average molecular weight is 642 g/mol. The largest absolute Gasteiger partial charge is 0.396 e. The highest BCUT2D eigenvalue weighted by Gasteiger charge is 2.38. The predicted molar refractivity (Wildman–Crippen MR) is 186 cm³/mol. The van der Waals surface area contributed by atoms with Gasteiger partial charge in [0.05, 0.1) is 25.4 Å². The lowest BCUT2D eigenvalue weighted by molar-refractivity contribution is -0.268. The van der Waals surface area contributed by atoms with Crippen molar-refractivity contribution in [1.82, 2.24) is 5.32 Å². The molecule has 1 aliphatic rings. The van der Waals surface area contributed by atoms with E-state index in [1.165, 1.54) is 70.6 Å². The highest BCUT2D eigenvalue weighted by Crippen LogP contribution is 2.42. The summed E-state index contributed by atoms with van der Waals surface area (Å²) >= 11 is 1.69. The molecule has 2 aromatic carbocycles. The van der Waals surface area contributed by atoms with E-state index in [1.807, 2.05) is 48.5 Å². The molecule has 1 heterocycles. The molecule has 3 rings (SSSR count). The second-order valence-corrected chi connectivity index (χ2v) is 13.8. The van der Waals surface area contributed by atoms with E-state index < -0.39 is 6.29 Å². The highest BCUT2D eigenvalue weighted by molar-refractivity contribution is 7.99. The van der Waals surface area contributed by atoms with E-state index in [0.717, 1.165) is 40.8 Å². The number of carbonyl (C=O) groups is 1. The first-order chi connectivity index (χ1) is 22.0. The molecule has 1 amide bonds. The van der Waals surface area contributed by atoms with Gasteiger partial charge in [-0.2, -0.15) is 11.8 Å². The molecule has 0 spiro atoms. The monoisotopic (exact) mass is 641 g/mol. The van der Waals surface area contributed by atoms with E-state index >= 15 is 0 Å². The van der Waals surface area contributed by atoms with Crippen LogP contribution in [0, 0.1) is 5.92 Å². The van der Waals surface area contributed by atoms with E-state index in [0.29, 0.717) is 18.7 Å². The number of benzene rings is 2. The van der Waals surface area contributed by atoms with Gasteiger partial charge in [-0.25, -0.2) is 0 Å². The number of ether oxygens (including phenoxy) is 2. The van der Waals surface area contributed by atoms with Crippen molar-refractivity contribution in [3.05, 3.63) is 70.8 Å². The maximum absolute atomic E-state index is 12.4. The molecule has 4 atom stereocenters. The number of unbranched alkanes of at least 4 members (excludes halogenated alkanes) is 12. The normalized spacial score (nSPS) is 19.9. The van der Waals surface area contributed by atoms with Crippen LogP contribution in [0.1, 0.15) is 138 Å². The smallest absolute Gasteiger partial charge is 0.220 e. The molecule has 0 aromatic heterocycles. The second-order valence-electron chi connectivity index (χ2n) is 12.6. The Morgan fingerprint density at radius 1 is 0.756 bits per heavy atom. The molecule has 4 unspecified atom stereocenters. The fourth-order valence-electron chi connectivity index (χ4n) is 5.96. The van der Waals surface area contributed by atoms with Crippen LogP contribution in [0.5, 0.6) is 0 Å². The van der Waals surface area contributed by atoms with Crippen LogP contribution in [-0.2, 0) is 27.4 Å². The van der Waals surface area contributed by atoms with Crippen molar-refractivity contribution in [1.29, 1.82) is 0 Å². The zero-order valence-electron chi connectivity index (χ0n) is 27.9. The summed E-state index contributed by atoms with van der Waals surface area (Å²) < 4.78 is 13.0. The molecule has 0 bridgehead atoms. The molecule has 6 nitrogen and oxygen atoms in total. The minimum Gasteiger partial charge on any atom is -0.396 e. The van der Waals surface area contributed by atoms with Crippen LogP contribution in [0.3, 0.4) is 0 Å². The van der Waals surface area contributed by atoms with E-state index in [4.69, 9.17) is 9.47 Å². The molecule has 252 valence electrons. The van der Waals surface area contributed by atoms with Gasteiger partial charge in [-0.05, 0) is 23.1 Å². The van der Waals surface area contributed by atoms with Gasteiger partial charge in [-0.1, -0.05) is 139 Å². The lowest BCUT2D eigenvalue weighted by Crippen LogP contribution is -2.38. The minimum atomic E-state index is -0.511. The molecule has 45 heavy (non-hydrogen) atoms. The lowest BCUT2D eigenvalue weighted by atomic mass is 9.91. The third-order valence-electron chi connectivity index (χ3n) is 8.89. The molecule has 2 aromatic rings. The summed E-state index contributed by atoms with van der Waals surface area (Å²) in [5.74, 6) is 1.69. The van der Waals surface area contributed by atoms with Gasteiger partial charge in [0, 0.05) is 36.0 Å². The number of nitrogens with one attached hydrogen (secondary N) is 1. The quantitative estimate of drug-likeness (QED) is 0.105. The first kappa shape index (κ1) is 37.6. The van der Waals surface area contributed by atoms with Gasteiger partial charge in [-0.15, -0.1) is 0 Å². The van der Waals surface area contributed by atoms with Gasteiger partial charge in [-0.3, -0.25) is 4.79 Å². The van der Waals surface area contributed by atoms with Crippen LogP contribution in [0.25, 0.3) is 0 Å². The maximum atomic E-state index is 12.4. The first-order valence-corrected chi connectivity index (χ1v) is 18.8. The number of thioether (sulfide) groups is 1. The first-order valence-electron chi connectivity index (χ1n) is 17.6. The lowest BCUT2D eigenvalue weighted by Gasteiger charge is -2.41. The zero-order valence-corrected chi connectivity index (χ0v) is 28.7. The molecule has 0 radical (unpaired) electrons. The number of aliphatic hydroxyl groups is 2. The SMILES string of the molecule is CCCCCCCCCCCCCCCC(=O)NCc1ccc(C2OC(CSCCO)C(C)C(c3ccc(CO)cc3)O2)cc1. The zero-order chi connectivity index (χ0) is 32.1. The van der Waals surface area contributed by atoms with Crippen LogP contribution in [0.2, 0.25) is 0 Å². The standard InChI is InChI=1S/C38H59NO5S/c1-3-4-5-6-7-8-9-10-11-12-13-14-15-16-36(42)39-27-31-17-23-34(24-18-31)38-43-35(29-45-26-25-40)30(2)37(44-38)33-21-19-32(28-41)20-22-33/h17-24,30,35,37-38,40-41H,3-16,25-29H2,1-2H3,(H,39,42). The van der Waals surface area contributed by atoms with Crippen LogP contribution in [0.15, 0.2) is 48.5 Å². The third kappa shape index (κ3) is 14.2. The van der Waals surface area contributed by atoms with E-state index in [9.17, 15) is 15.0 Å². The fraction of sp³-hybridized carbons (Fsp3) is 0.658. The Bertz CT molecular complexity index is 1050. The van der Waals surface area contributed by atoms with E-state index in [2.05, 4.69) is 19.2 Å². The summed E-state index contributed by atoms with van der Waals surface area (Å²) in [7, 11) is 0. The number of hydrogen-bond donors (Lipinski definition) is 3.